The summed E-state index contributed by atoms with van der Waals surface area (Å²) in [7, 11) is 0. The van der Waals surface area contributed by atoms with Crippen LogP contribution in [-0.4, -0.2) is 75.0 Å². The molecule has 2 heterocycles. The first-order valence-corrected chi connectivity index (χ1v) is 14.6. The lowest BCUT2D eigenvalue weighted by molar-refractivity contribution is -0.146. The largest absolute Gasteiger partial charge is 0.479 e. The summed E-state index contributed by atoms with van der Waals surface area (Å²) in [6.45, 7) is 18.3. The SMILES string of the molecule is C=C.C[C@@H]1C[C@]1(NC(=O)[C@@H]1C[C@]2(CC(c3cccc(Cl)c3)=NO2)CN1C(=O)[C@@H](NC(=O)OC(C)(C)C)C(C)(C)C)C(=O)O.[HH]. The van der Waals surface area contributed by atoms with Crippen LogP contribution >= 0.6 is 11.6 Å². The summed E-state index contributed by atoms with van der Waals surface area (Å²) < 4.78 is 5.41. The maximum Gasteiger partial charge on any atom is 0.408 e. The van der Waals surface area contributed by atoms with Gasteiger partial charge in [-0.3, -0.25) is 9.59 Å². The van der Waals surface area contributed by atoms with Crippen molar-refractivity contribution < 1.29 is 35.3 Å². The van der Waals surface area contributed by atoms with Gasteiger partial charge in [-0.2, -0.15) is 0 Å². The molecule has 0 unspecified atom stereocenters. The summed E-state index contributed by atoms with van der Waals surface area (Å²) in [5.41, 5.74) is -2.55. The van der Waals surface area contributed by atoms with Crippen molar-refractivity contribution in [1.29, 1.82) is 0 Å². The average Bonchev–Trinajstić information content (AvgIpc) is 3.23. The molecule has 43 heavy (non-hydrogen) atoms. The molecule has 1 saturated heterocycles. The number of benzene rings is 1. The summed E-state index contributed by atoms with van der Waals surface area (Å²) in [5.74, 6) is -2.47. The number of nitrogens with one attached hydrogen (secondary N) is 2. The van der Waals surface area contributed by atoms with Gasteiger partial charge in [0, 0.05) is 24.9 Å². The number of alkyl carbamates (subject to hydrolysis) is 1. The Hall–Kier alpha value is -3.60. The molecule has 5 atom stereocenters. The lowest BCUT2D eigenvalue weighted by Crippen LogP contribution is -2.59. The number of amides is 3. The van der Waals surface area contributed by atoms with Crippen LogP contribution in [0.4, 0.5) is 4.79 Å². The zero-order valence-corrected chi connectivity index (χ0v) is 26.7. The second-order valence-corrected chi connectivity index (χ2v) is 13.9. The van der Waals surface area contributed by atoms with Crippen LogP contribution in [0.15, 0.2) is 42.6 Å². The van der Waals surface area contributed by atoms with E-state index in [-0.39, 0.29) is 20.3 Å². The van der Waals surface area contributed by atoms with Crippen molar-refractivity contribution in [2.75, 3.05) is 6.54 Å². The van der Waals surface area contributed by atoms with Crippen LogP contribution in [0.3, 0.4) is 0 Å². The Balaban J connectivity index is 0.00000220. The second kappa shape index (κ2) is 12.2. The van der Waals surface area contributed by atoms with Gasteiger partial charge in [-0.25, -0.2) is 9.59 Å². The van der Waals surface area contributed by atoms with Gasteiger partial charge in [0.1, 0.15) is 23.2 Å². The summed E-state index contributed by atoms with van der Waals surface area (Å²) in [5, 5.41) is 20.0. The van der Waals surface area contributed by atoms with E-state index < -0.39 is 58.1 Å². The maximum atomic E-state index is 14.2. The fraction of sp³-hybridized carbons (Fsp3) is 0.581. The van der Waals surface area contributed by atoms with Crippen LogP contribution < -0.4 is 10.6 Å². The van der Waals surface area contributed by atoms with Gasteiger partial charge in [-0.1, -0.05) is 56.6 Å². The Morgan fingerprint density at radius 1 is 1.19 bits per heavy atom. The first-order valence-electron chi connectivity index (χ1n) is 14.2. The van der Waals surface area contributed by atoms with Crippen LogP contribution in [0, 0.1) is 11.3 Å². The standard InChI is InChI=1S/C29H39ClN4O7.C2H4.H2/c1-16-12-29(16,24(37)38)32-22(35)20-14-28(13-19(33-41-28)17-9-8-10-18(30)11-17)15-34(20)23(36)21(26(2,3)4)31-25(39)40-27(5,6)7;1-2;/h8-11,16,20-21H,12-15H2,1-7H3,(H,31,39)(H,32,35)(H,37,38);1-2H2;1H/t16-,20+,21-,28-,29-;;/m1../s1. The van der Waals surface area contributed by atoms with E-state index in [0.717, 1.165) is 5.56 Å². The lowest BCUT2D eigenvalue weighted by Gasteiger charge is -2.36. The highest BCUT2D eigenvalue weighted by molar-refractivity contribution is 6.31. The van der Waals surface area contributed by atoms with Crippen molar-refractivity contribution in [3.05, 3.63) is 48.0 Å². The Morgan fingerprint density at radius 3 is 2.33 bits per heavy atom. The van der Waals surface area contributed by atoms with Crippen LogP contribution in [-0.2, 0) is 24.0 Å². The van der Waals surface area contributed by atoms with Gasteiger partial charge in [-0.05, 0) is 50.7 Å². The van der Waals surface area contributed by atoms with Crippen molar-refractivity contribution >= 4 is 41.2 Å². The van der Waals surface area contributed by atoms with Gasteiger partial charge in [0.05, 0.1) is 12.3 Å². The molecule has 3 amide bonds. The molecule has 3 aliphatic rings. The van der Waals surface area contributed by atoms with Crippen molar-refractivity contribution in [3.8, 4) is 0 Å². The highest BCUT2D eigenvalue weighted by Crippen LogP contribution is 2.45. The fourth-order valence-electron chi connectivity index (χ4n) is 5.44. The number of likely N-dealkylation sites (tertiary alicyclic amines) is 1. The first-order chi connectivity index (χ1) is 19.9. The predicted molar refractivity (Wildman–Crippen MR) is 165 cm³/mol. The number of halogens is 1. The van der Waals surface area contributed by atoms with E-state index in [0.29, 0.717) is 23.6 Å². The van der Waals surface area contributed by atoms with E-state index >= 15 is 0 Å². The van der Waals surface area contributed by atoms with E-state index in [2.05, 4.69) is 28.9 Å². The number of carboxylic acids is 1. The average molecular weight is 621 g/mol. The highest BCUT2D eigenvalue weighted by atomic mass is 35.5. The molecule has 2 fully saturated rings. The molecular formula is C31H45ClN4O7. The van der Waals surface area contributed by atoms with Crippen molar-refractivity contribution in [2.45, 2.75) is 96.6 Å². The molecule has 0 aromatic heterocycles. The van der Waals surface area contributed by atoms with E-state index in [1.807, 2.05) is 6.07 Å². The molecule has 1 spiro atoms. The minimum Gasteiger partial charge on any atom is -0.479 e. The molecule has 3 N–H and O–H groups in total. The fourth-order valence-corrected chi connectivity index (χ4v) is 5.64. The van der Waals surface area contributed by atoms with Gasteiger partial charge in [0.15, 0.2) is 5.60 Å². The third kappa shape index (κ3) is 7.49. The molecule has 12 heteroatoms. The molecule has 1 aromatic rings. The number of carboxylic acid groups (broad SMARTS) is 1. The lowest BCUT2D eigenvalue weighted by atomic mass is 9.85. The number of carbonyl (C=O) groups excluding carboxylic acids is 3. The number of carbonyl (C=O) groups is 4. The van der Waals surface area contributed by atoms with E-state index in [1.165, 1.54) is 4.90 Å². The molecule has 1 aliphatic carbocycles. The van der Waals surface area contributed by atoms with E-state index in [9.17, 15) is 24.3 Å². The third-order valence-electron chi connectivity index (χ3n) is 7.79. The Kier molecular flexibility index (Phi) is 9.60. The Labute approximate surface area is 259 Å². The molecule has 0 radical (unpaired) electrons. The number of rotatable bonds is 6. The minimum atomic E-state index is -1.38. The van der Waals surface area contributed by atoms with Crippen LogP contribution in [0.5, 0.6) is 0 Å². The monoisotopic (exact) mass is 620 g/mol. The van der Waals surface area contributed by atoms with Crippen LogP contribution in [0.1, 0.15) is 74.7 Å². The number of hydrogen-bond donors (Lipinski definition) is 3. The van der Waals surface area contributed by atoms with Gasteiger partial charge in [0.25, 0.3) is 0 Å². The molecule has 11 nitrogen and oxygen atoms in total. The van der Waals surface area contributed by atoms with Crippen molar-refractivity contribution in [1.82, 2.24) is 15.5 Å². The van der Waals surface area contributed by atoms with Crippen LogP contribution in [0.25, 0.3) is 0 Å². The summed E-state index contributed by atoms with van der Waals surface area (Å²) >= 11 is 6.17. The molecule has 4 rings (SSSR count). The maximum absolute atomic E-state index is 14.2. The topological polar surface area (TPSA) is 147 Å². The Bertz CT molecular complexity index is 1310. The zero-order chi connectivity index (χ0) is 32.5. The number of hydrogen-bond acceptors (Lipinski definition) is 7. The summed E-state index contributed by atoms with van der Waals surface area (Å²) in [6.07, 6.45) is -0.0727. The van der Waals surface area contributed by atoms with E-state index in [1.54, 1.807) is 66.7 Å². The number of oxime groups is 1. The number of nitrogens with zero attached hydrogens (tertiary/aromatic N) is 2. The third-order valence-corrected chi connectivity index (χ3v) is 8.03. The number of ether oxygens (including phenoxy) is 1. The van der Waals surface area contributed by atoms with Gasteiger partial charge >= 0.3 is 12.1 Å². The normalized spacial score (nSPS) is 26.8. The molecule has 0 bridgehead atoms. The predicted octanol–water partition coefficient (Wildman–Crippen LogP) is 4.77. The minimum absolute atomic E-state index is 0. The van der Waals surface area contributed by atoms with E-state index in [4.69, 9.17) is 21.2 Å². The Morgan fingerprint density at radius 2 is 1.81 bits per heavy atom. The smallest absolute Gasteiger partial charge is 0.408 e. The van der Waals surface area contributed by atoms with Gasteiger partial charge in [0.2, 0.25) is 11.8 Å². The second-order valence-electron chi connectivity index (χ2n) is 13.5. The first kappa shape index (κ1) is 33.9. The molecule has 2 aliphatic heterocycles. The quantitative estimate of drug-likeness (QED) is 0.388. The van der Waals surface area contributed by atoms with Gasteiger partial charge < -0.3 is 30.2 Å². The van der Waals surface area contributed by atoms with Crippen molar-refractivity contribution in [3.63, 3.8) is 0 Å². The molecule has 1 saturated carbocycles. The molecule has 238 valence electrons. The van der Waals surface area contributed by atoms with Crippen molar-refractivity contribution in [2.24, 2.45) is 16.5 Å². The summed E-state index contributed by atoms with van der Waals surface area (Å²) in [4.78, 5) is 59.9. The number of aliphatic carboxylic acids is 1. The molecule has 1 aromatic carbocycles. The zero-order valence-electron chi connectivity index (χ0n) is 26.0. The molecular weight excluding hydrogens is 576 g/mol. The van der Waals surface area contributed by atoms with Gasteiger partial charge in [-0.15, -0.1) is 13.2 Å². The highest BCUT2D eigenvalue weighted by Gasteiger charge is 2.62. The van der Waals surface area contributed by atoms with Crippen LogP contribution in [0.2, 0.25) is 5.02 Å². The summed E-state index contributed by atoms with van der Waals surface area (Å²) in [6, 6.07) is 5.05.